The molecule has 4 heteroatoms. The maximum absolute atomic E-state index is 6.40. The Balaban J connectivity index is 2.56. The highest BCUT2D eigenvalue weighted by Crippen LogP contribution is 2.28. The summed E-state index contributed by atoms with van der Waals surface area (Å²) in [5, 5.41) is 5.48. The molecule has 2 aromatic rings. The molecule has 0 aliphatic rings. The maximum atomic E-state index is 6.40. The van der Waals surface area contributed by atoms with Crippen LogP contribution in [0.15, 0.2) is 24.3 Å². The summed E-state index contributed by atoms with van der Waals surface area (Å²) in [6.07, 6.45) is 1.87. The van der Waals surface area contributed by atoms with Crippen LogP contribution in [0.25, 0.3) is 0 Å². The Morgan fingerprint density at radius 2 is 2.00 bits per heavy atom. The van der Waals surface area contributed by atoms with E-state index >= 15 is 0 Å². The van der Waals surface area contributed by atoms with Gasteiger partial charge in [0.15, 0.2) is 0 Å². The molecule has 0 bridgehead atoms. The van der Waals surface area contributed by atoms with Crippen LogP contribution in [-0.4, -0.2) is 15.8 Å². The predicted molar refractivity (Wildman–Crippen MR) is 88.9 cm³/mol. The van der Waals surface area contributed by atoms with E-state index < -0.39 is 0 Å². The highest BCUT2D eigenvalue weighted by atomic mass is 35.5. The second kappa shape index (κ2) is 6.63. The van der Waals surface area contributed by atoms with Crippen molar-refractivity contribution in [3.05, 3.63) is 51.8 Å². The molecule has 0 spiro atoms. The minimum absolute atomic E-state index is 0.00572. The van der Waals surface area contributed by atoms with Crippen LogP contribution >= 0.6 is 11.6 Å². The van der Waals surface area contributed by atoms with Gasteiger partial charge in [-0.2, -0.15) is 5.10 Å². The lowest BCUT2D eigenvalue weighted by Crippen LogP contribution is -2.33. The number of hydrogen-bond acceptors (Lipinski definition) is 2. The van der Waals surface area contributed by atoms with Gasteiger partial charge in [-0.25, -0.2) is 0 Å². The lowest BCUT2D eigenvalue weighted by molar-refractivity contribution is 0.415. The van der Waals surface area contributed by atoms with E-state index in [1.54, 1.807) is 0 Å². The average molecular weight is 306 g/mol. The van der Waals surface area contributed by atoms with Crippen molar-refractivity contribution < 1.29 is 0 Å². The Bertz CT molecular complexity index is 618. The van der Waals surface area contributed by atoms with Gasteiger partial charge in [-0.3, -0.25) is 4.68 Å². The average Bonchev–Trinajstić information content (AvgIpc) is 2.73. The number of aryl methyl sites for hydroxylation is 1. The number of nitrogens with two attached hydrogens (primary N) is 1. The van der Waals surface area contributed by atoms with Gasteiger partial charge in [0.25, 0.3) is 0 Å². The van der Waals surface area contributed by atoms with Gasteiger partial charge < -0.3 is 5.73 Å². The first-order valence-electron chi connectivity index (χ1n) is 7.55. The first-order valence-corrected chi connectivity index (χ1v) is 7.93. The molecule has 2 unspecified atom stereocenters. The highest BCUT2D eigenvalue weighted by Gasteiger charge is 2.24. The summed E-state index contributed by atoms with van der Waals surface area (Å²) in [5.41, 5.74) is 11.1. The molecule has 1 aromatic carbocycles. The Morgan fingerprint density at radius 1 is 1.29 bits per heavy atom. The van der Waals surface area contributed by atoms with Gasteiger partial charge >= 0.3 is 0 Å². The van der Waals surface area contributed by atoms with Crippen LogP contribution in [0.4, 0.5) is 0 Å². The maximum Gasteiger partial charge on any atom is 0.0922 e. The molecule has 0 aliphatic carbocycles. The van der Waals surface area contributed by atoms with Gasteiger partial charge in [-0.1, -0.05) is 37.6 Å². The minimum Gasteiger partial charge on any atom is -0.326 e. The van der Waals surface area contributed by atoms with Gasteiger partial charge in [0.2, 0.25) is 0 Å². The lowest BCUT2D eigenvalue weighted by atomic mass is 9.97. The molecule has 0 fully saturated rings. The second-order valence-electron chi connectivity index (χ2n) is 5.52. The first kappa shape index (κ1) is 16.1. The molecule has 1 aromatic heterocycles. The number of nitrogens with zero attached hydrogens (tertiary/aromatic N) is 2. The fraction of sp³-hybridized carbons (Fsp3) is 0.471. The summed E-state index contributed by atoms with van der Waals surface area (Å²) in [5.74, 6) is 0. The first-order chi connectivity index (χ1) is 9.99. The van der Waals surface area contributed by atoms with Crippen LogP contribution in [-0.2, 0) is 6.42 Å². The van der Waals surface area contributed by atoms with Crippen LogP contribution in [0.1, 0.15) is 48.8 Å². The molecule has 21 heavy (non-hydrogen) atoms. The van der Waals surface area contributed by atoms with Crippen LogP contribution in [0, 0.1) is 13.8 Å². The topological polar surface area (TPSA) is 43.8 Å². The third-order valence-electron chi connectivity index (χ3n) is 4.16. The fourth-order valence-electron chi connectivity index (χ4n) is 2.96. The van der Waals surface area contributed by atoms with E-state index in [4.69, 9.17) is 22.4 Å². The summed E-state index contributed by atoms with van der Waals surface area (Å²) in [7, 11) is 0. The third kappa shape index (κ3) is 3.14. The van der Waals surface area contributed by atoms with Crippen molar-refractivity contribution in [2.45, 2.75) is 52.6 Å². The Hall–Kier alpha value is -1.32. The molecular weight excluding hydrogens is 282 g/mol. The summed E-state index contributed by atoms with van der Waals surface area (Å²) >= 11 is 6.16. The summed E-state index contributed by atoms with van der Waals surface area (Å²) in [6, 6.07) is 7.95. The number of rotatable bonds is 5. The van der Waals surface area contributed by atoms with E-state index in [-0.39, 0.29) is 12.1 Å². The van der Waals surface area contributed by atoms with Crippen molar-refractivity contribution in [1.82, 2.24) is 9.78 Å². The molecule has 0 saturated carbocycles. The fourth-order valence-corrected chi connectivity index (χ4v) is 3.16. The van der Waals surface area contributed by atoms with Crippen molar-refractivity contribution >= 4 is 11.6 Å². The van der Waals surface area contributed by atoms with Gasteiger partial charge in [0.1, 0.15) is 0 Å². The van der Waals surface area contributed by atoms with E-state index in [9.17, 15) is 0 Å². The predicted octanol–water partition coefficient (Wildman–Crippen LogP) is 4.04. The van der Waals surface area contributed by atoms with E-state index in [0.29, 0.717) is 0 Å². The van der Waals surface area contributed by atoms with Crippen LogP contribution < -0.4 is 5.73 Å². The summed E-state index contributed by atoms with van der Waals surface area (Å²) in [4.78, 5) is 0. The zero-order valence-electron chi connectivity index (χ0n) is 13.2. The van der Waals surface area contributed by atoms with Crippen LogP contribution in [0.3, 0.4) is 0 Å². The van der Waals surface area contributed by atoms with Gasteiger partial charge in [-0.05, 0) is 49.9 Å². The van der Waals surface area contributed by atoms with Crippen molar-refractivity contribution in [1.29, 1.82) is 0 Å². The van der Waals surface area contributed by atoms with E-state index in [0.717, 1.165) is 29.1 Å². The molecule has 2 rings (SSSR count). The molecule has 3 nitrogen and oxygen atoms in total. The Morgan fingerprint density at radius 3 is 2.52 bits per heavy atom. The van der Waals surface area contributed by atoms with E-state index in [2.05, 4.69) is 38.4 Å². The standard InChI is InChI=1S/C17H24ClN3/c1-5-15-11(3)20-21(12(15)4)17(16(19)6-2)13-8-7-9-14(18)10-13/h7-10,16-17H,5-6,19H2,1-4H3. The summed E-state index contributed by atoms with van der Waals surface area (Å²) in [6.45, 7) is 8.46. The number of halogens is 1. The number of hydrogen-bond donors (Lipinski definition) is 1. The van der Waals surface area contributed by atoms with E-state index in [1.807, 2.05) is 18.2 Å². The van der Waals surface area contributed by atoms with Gasteiger partial charge in [-0.15, -0.1) is 0 Å². The van der Waals surface area contributed by atoms with Crippen molar-refractivity contribution in [2.75, 3.05) is 0 Å². The largest absolute Gasteiger partial charge is 0.326 e. The van der Waals surface area contributed by atoms with Crippen LogP contribution in [0.2, 0.25) is 5.02 Å². The van der Waals surface area contributed by atoms with Crippen molar-refractivity contribution in [3.63, 3.8) is 0 Å². The highest BCUT2D eigenvalue weighted by molar-refractivity contribution is 6.30. The zero-order valence-corrected chi connectivity index (χ0v) is 14.0. The molecule has 0 amide bonds. The van der Waals surface area contributed by atoms with Crippen LogP contribution in [0.5, 0.6) is 0 Å². The minimum atomic E-state index is 0.00572. The molecular formula is C17H24ClN3. The zero-order chi connectivity index (χ0) is 15.6. The molecule has 0 radical (unpaired) electrons. The van der Waals surface area contributed by atoms with Crippen molar-refractivity contribution in [3.8, 4) is 0 Å². The van der Waals surface area contributed by atoms with Crippen molar-refractivity contribution in [2.24, 2.45) is 5.73 Å². The Labute approximate surface area is 132 Å². The molecule has 114 valence electrons. The Kier molecular flexibility index (Phi) is 5.07. The van der Waals surface area contributed by atoms with Gasteiger partial charge in [0, 0.05) is 16.8 Å². The molecule has 1 heterocycles. The second-order valence-corrected chi connectivity index (χ2v) is 5.96. The quantitative estimate of drug-likeness (QED) is 0.906. The third-order valence-corrected chi connectivity index (χ3v) is 4.39. The molecule has 0 saturated heterocycles. The lowest BCUT2D eigenvalue weighted by Gasteiger charge is -2.25. The number of benzene rings is 1. The number of aromatic nitrogens is 2. The summed E-state index contributed by atoms with van der Waals surface area (Å²) < 4.78 is 2.08. The normalized spacial score (nSPS) is 14.2. The van der Waals surface area contributed by atoms with E-state index in [1.165, 1.54) is 11.3 Å². The molecule has 2 atom stereocenters. The smallest absolute Gasteiger partial charge is 0.0922 e. The molecule has 2 N–H and O–H groups in total. The van der Waals surface area contributed by atoms with Gasteiger partial charge in [0.05, 0.1) is 11.7 Å². The molecule has 0 aliphatic heterocycles. The SMILES string of the molecule is CCc1c(C)nn(C(c2cccc(Cl)c2)C(N)CC)c1C. The monoisotopic (exact) mass is 305 g/mol.